The molecule has 10 heteroatoms. The van der Waals surface area contributed by atoms with Gasteiger partial charge in [-0.3, -0.25) is 4.55 Å². The van der Waals surface area contributed by atoms with Crippen molar-refractivity contribution in [3.05, 3.63) is 36.4 Å². The maximum atomic E-state index is 11.7. The van der Waals surface area contributed by atoms with Gasteiger partial charge in [0.2, 0.25) is 0 Å². The van der Waals surface area contributed by atoms with Gasteiger partial charge in [-0.25, -0.2) is 0 Å². The van der Waals surface area contributed by atoms with Crippen molar-refractivity contribution in [3.63, 3.8) is 0 Å². The number of azo groups is 1. The molecule has 0 aliphatic heterocycles. The molecular formula is C14H14N3NaO5S. The van der Waals surface area contributed by atoms with Gasteiger partial charge in [0.1, 0.15) is 11.4 Å². The summed E-state index contributed by atoms with van der Waals surface area (Å²) in [7, 11) is -1.21. The van der Waals surface area contributed by atoms with E-state index < -0.39 is 20.8 Å². The van der Waals surface area contributed by atoms with Crippen LogP contribution in [0.5, 0.6) is 11.5 Å². The minimum absolute atomic E-state index is 0. The second-order valence-electron chi connectivity index (χ2n) is 4.44. The molecule has 0 bridgehead atoms. The maximum Gasteiger partial charge on any atom is 1.00 e. The van der Waals surface area contributed by atoms with E-state index in [1.165, 1.54) is 7.11 Å². The number of benzene rings is 2. The fraction of sp³-hybridized carbons (Fsp3) is 0.143. The van der Waals surface area contributed by atoms with Crippen molar-refractivity contribution in [3.8, 4) is 11.5 Å². The topological polar surface area (TPSA) is 123 Å². The van der Waals surface area contributed by atoms with Gasteiger partial charge in [0.25, 0.3) is 10.1 Å². The Morgan fingerprint density at radius 1 is 1.12 bits per heavy atom. The van der Waals surface area contributed by atoms with Gasteiger partial charge in [0.05, 0.1) is 17.7 Å². The van der Waals surface area contributed by atoms with Gasteiger partial charge >= 0.3 is 29.6 Å². The van der Waals surface area contributed by atoms with Crippen molar-refractivity contribution in [1.82, 2.24) is 0 Å². The zero-order valence-electron chi connectivity index (χ0n) is 13.3. The number of nitrogens with zero attached hydrogens (tertiary/aromatic N) is 2. The number of methoxy groups -OCH3 is 1. The van der Waals surface area contributed by atoms with E-state index in [1.54, 1.807) is 25.2 Å². The minimum atomic E-state index is -4.42. The van der Waals surface area contributed by atoms with Crippen LogP contribution in [-0.4, -0.2) is 27.1 Å². The Labute approximate surface area is 161 Å². The summed E-state index contributed by atoms with van der Waals surface area (Å²) < 4.78 is 36.4. The van der Waals surface area contributed by atoms with Crippen molar-refractivity contribution < 1.29 is 52.4 Å². The number of rotatable bonds is 5. The fourth-order valence-corrected chi connectivity index (χ4v) is 2.26. The summed E-state index contributed by atoms with van der Waals surface area (Å²) in [6.45, 7) is 0. The first-order valence-electron chi connectivity index (χ1n) is 6.41. The molecule has 2 aromatic rings. The van der Waals surface area contributed by atoms with Gasteiger partial charge in [0, 0.05) is 18.8 Å². The Balaban J connectivity index is 0.00000288. The van der Waals surface area contributed by atoms with Gasteiger partial charge in [-0.05, 0) is 24.3 Å². The van der Waals surface area contributed by atoms with Gasteiger partial charge < -0.3 is 15.2 Å². The van der Waals surface area contributed by atoms with E-state index in [2.05, 4.69) is 15.5 Å². The number of nitrogens with one attached hydrogen (secondary N) is 1. The molecule has 0 saturated carbocycles. The van der Waals surface area contributed by atoms with E-state index in [0.717, 1.165) is 23.9 Å². The monoisotopic (exact) mass is 359 g/mol. The van der Waals surface area contributed by atoms with Gasteiger partial charge in [-0.1, -0.05) is 11.8 Å². The third-order valence-corrected chi connectivity index (χ3v) is 3.81. The molecule has 2 aromatic carbocycles. The first-order chi connectivity index (χ1) is 10.8. The predicted octanol–water partition coefficient (Wildman–Crippen LogP) is -0.523. The summed E-state index contributed by atoms with van der Waals surface area (Å²) in [5.74, 6) is -0.0917. The predicted molar refractivity (Wildman–Crippen MR) is 82.4 cm³/mol. The fourth-order valence-electron chi connectivity index (χ4n) is 1.76. The maximum absolute atomic E-state index is 11.7. The first kappa shape index (κ1) is 20.4. The van der Waals surface area contributed by atoms with E-state index >= 15 is 0 Å². The quantitative estimate of drug-likeness (QED) is 0.420. The van der Waals surface area contributed by atoms with Crippen molar-refractivity contribution >= 4 is 27.2 Å². The summed E-state index contributed by atoms with van der Waals surface area (Å²) in [5, 5.41) is 22.3. The zero-order valence-corrected chi connectivity index (χ0v) is 16.2. The molecule has 24 heavy (non-hydrogen) atoms. The molecule has 0 aromatic heterocycles. The SMILES string of the molecule is CNc1ccc(N=Nc2cc(S(=O)(=O)O)ccc2[O-])c(OC)c1.[Na+]. The van der Waals surface area contributed by atoms with E-state index in [1.807, 2.05) is 0 Å². The van der Waals surface area contributed by atoms with Crippen molar-refractivity contribution in [2.45, 2.75) is 4.90 Å². The van der Waals surface area contributed by atoms with Crippen molar-refractivity contribution in [1.29, 1.82) is 0 Å². The number of hydrogen-bond donors (Lipinski definition) is 2. The Morgan fingerprint density at radius 2 is 1.79 bits per heavy atom. The van der Waals surface area contributed by atoms with Crippen LogP contribution in [-0.2, 0) is 10.1 Å². The molecule has 0 aliphatic carbocycles. The third-order valence-electron chi connectivity index (χ3n) is 2.96. The molecule has 0 atom stereocenters. The van der Waals surface area contributed by atoms with E-state index in [9.17, 15) is 13.5 Å². The van der Waals surface area contributed by atoms with E-state index in [-0.39, 0.29) is 35.2 Å². The van der Waals surface area contributed by atoms with Crippen LogP contribution >= 0.6 is 0 Å². The normalized spacial score (nSPS) is 11.1. The van der Waals surface area contributed by atoms with Crippen molar-refractivity contribution in [2.24, 2.45) is 10.2 Å². The molecular weight excluding hydrogens is 345 g/mol. The zero-order chi connectivity index (χ0) is 17.0. The van der Waals surface area contributed by atoms with Crippen molar-refractivity contribution in [2.75, 3.05) is 19.5 Å². The molecule has 0 fully saturated rings. The Hall–Kier alpha value is -1.65. The Bertz CT molecular complexity index is 855. The average molecular weight is 359 g/mol. The van der Waals surface area contributed by atoms with Crippen LogP contribution in [0, 0.1) is 0 Å². The molecule has 122 valence electrons. The van der Waals surface area contributed by atoms with E-state index in [4.69, 9.17) is 9.29 Å². The second kappa shape index (κ2) is 8.45. The van der Waals surface area contributed by atoms with Gasteiger partial charge in [0.15, 0.2) is 0 Å². The first-order valence-corrected chi connectivity index (χ1v) is 7.85. The Morgan fingerprint density at radius 3 is 2.38 bits per heavy atom. The molecule has 0 heterocycles. The summed E-state index contributed by atoms with van der Waals surface area (Å²) >= 11 is 0. The molecule has 0 aliphatic rings. The van der Waals surface area contributed by atoms with E-state index in [0.29, 0.717) is 11.4 Å². The van der Waals surface area contributed by atoms with Crippen LogP contribution in [0.2, 0.25) is 0 Å². The summed E-state index contributed by atoms with van der Waals surface area (Å²) in [6, 6.07) is 8.02. The van der Waals surface area contributed by atoms with Crippen LogP contribution in [0.4, 0.5) is 17.1 Å². The molecule has 0 amide bonds. The van der Waals surface area contributed by atoms with Crippen LogP contribution in [0.25, 0.3) is 0 Å². The smallest absolute Gasteiger partial charge is 0.871 e. The standard InChI is InChI=1S/C14H15N3O5S.Na/c1-15-9-3-5-11(14(7-9)22-2)16-17-12-8-10(23(19,20)21)4-6-13(12)18;/h3-8,15,18H,1-2H3,(H,19,20,21);/q;+1/p-1. The Kier molecular flexibility index (Phi) is 7.18. The molecule has 2 N–H and O–H groups in total. The molecule has 2 rings (SSSR count). The molecule has 8 nitrogen and oxygen atoms in total. The molecule has 0 unspecified atom stereocenters. The van der Waals surface area contributed by atoms with Crippen LogP contribution in [0.3, 0.4) is 0 Å². The van der Waals surface area contributed by atoms with Crippen LogP contribution in [0.1, 0.15) is 0 Å². The van der Waals surface area contributed by atoms with Gasteiger partial charge in [-0.15, -0.1) is 5.11 Å². The van der Waals surface area contributed by atoms with Crippen LogP contribution in [0.15, 0.2) is 51.5 Å². The summed E-state index contributed by atoms with van der Waals surface area (Å²) in [4.78, 5) is -0.427. The number of ether oxygens (including phenoxy) is 1. The summed E-state index contributed by atoms with van der Waals surface area (Å²) in [6.07, 6.45) is 0. The van der Waals surface area contributed by atoms with Crippen LogP contribution < -0.4 is 44.7 Å². The molecule has 0 radical (unpaired) electrons. The number of anilines is 1. The third kappa shape index (κ3) is 4.92. The van der Waals surface area contributed by atoms with Gasteiger partial charge in [-0.2, -0.15) is 13.5 Å². The molecule has 0 saturated heterocycles. The second-order valence-corrected chi connectivity index (χ2v) is 5.86. The minimum Gasteiger partial charge on any atom is -0.871 e. The number of hydrogen-bond acceptors (Lipinski definition) is 7. The molecule has 0 spiro atoms. The summed E-state index contributed by atoms with van der Waals surface area (Å²) in [5.41, 5.74) is 0.960. The average Bonchev–Trinajstić information content (AvgIpc) is 2.52. The largest absolute Gasteiger partial charge is 1.00 e.